The van der Waals surface area contributed by atoms with E-state index >= 15 is 0 Å². The number of rotatable bonds is 11. The summed E-state index contributed by atoms with van der Waals surface area (Å²) in [7, 11) is 3.47. The third-order valence-corrected chi connectivity index (χ3v) is 4.07. The van der Waals surface area contributed by atoms with Crippen LogP contribution in [0.25, 0.3) is 0 Å². The molecular weight excluding hydrogens is 264 g/mol. The monoisotopic (exact) mass is 296 g/mol. The molecule has 122 valence electrons. The minimum absolute atomic E-state index is 0.464. The van der Waals surface area contributed by atoms with E-state index in [1.807, 2.05) is 14.0 Å². The van der Waals surface area contributed by atoms with Gasteiger partial charge in [-0.3, -0.25) is 0 Å². The molecule has 0 saturated carbocycles. The molecule has 1 N–H and O–H groups in total. The van der Waals surface area contributed by atoms with Gasteiger partial charge >= 0.3 is 0 Å². The average Bonchev–Trinajstić information content (AvgIpc) is 2.75. The van der Waals surface area contributed by atoms with Gasteiger partial charge in [0.2, 0.25) is 5.88 Å². The summed E-state index contributed by atoms with van der Waals surface area (Å²) in [5.41, 5.74) is 1.71. The van der Waals surface area contributed by atoms with E-state index in [1.165, 1.54) is 44.9 Å². The summed E-state index contributed by atoms with van der Waals surface area (Å²) in [5, 5.41) is 14.7. The minimum atomic E-state index is -0.464. The maximum absolute atomic E-state index is 10.4. The van der Waals surface area contributed by atoms with E-state index < -0.39 is 6.10 Å². The second-order valence-electron chi connectivity index (χ2n) is 5.91. The molecule has 4 heteroatoms. The van der Waals surface area contributed by atoms with Crippen molar-refractivity contribution in [3.63, 3.8) is 0 Å². The van der Waals surface area contributed by atoms with Crippen LogP contribution in [0.15, 0.2) is 0 Å². The third-order valence-electron chi connectivity index (χ3n) is 4.07. The Balaban J connectivity index is 2.27. The first-order valence-corrected chi connectivity index (χ1v) is 8.37. The van der Waals surface area contributed by atoms with E-state index in [0.29, 0.717) is 5.88 Å². The van der Waals surface area contributed by atoms with Gasteiger partial charge in [0.1, 0.15) is 0 Å². The summed E-state index contributed by atoms with van der Waals surface area (Å²) in [6.45, 7) is 4.17. The predicted octanol–water partition coefficient (Wildman–Crippen LogP) is 4.30. The molecule has 0 amide bonds. The maximum atomic E-state index is 10.4. The Morgan fingerprint density at radius 1 is 1.10 bits per heavy atom. The molecule has 1 aromatic rings. The highest BCUT2D eigenvalue weighted by molar-refractivity contribution is 5.33. The summed E-state index contributed by atoms with van der Waals surface area (Å²) < 4.78 is 7.04. The number of aromatic nitrogens is 2. The quantitative estimate of drug-likeness (QED) is 0.619. The topological polar surface area (TPSA) is 47.3 Å². The van der Waals surface area contributed by atoms with Crippen LogP contribution in [0.4, 0.5) is 0 Å². The number of aliphatic hydroxyl groups excluding tert-OH is 1. The maximum Gasteiger partial charge on any atom is 0.217 e. The van der Waals surface area contributed by atoms with Crippen molar-refractivity contribution >= 4 is 0 Å². The van der Waals surface area contributed by atoms with E-state index in [9.17, 15) is 5.11 Å². The first-order valence-electron chi connectivity index (χ1n) is 8.37. The van der Waals surface area contributed by atoms with Crippen LogP contribution in [-0.2, 0) is 7.05 Å². The minimum Gasteiger partial charge on any atom is -0.481 e. The molecule has 0 aliphatic carbocycles. The van der Waals surface area contributed by atoms with Crippen LogP contribution in [-0.4, -0.2) is 22.0 Å². The zero-order valence-electron chi connectivity index (χ0n) is 14.2. The fraction of sp³-hybridized carbons (Fsp3) is 0.824. The molecule has 1 aromatic heterocycles. The Labute approximate surface area is 129 Å². The molecular formula is C17H32N2O2. The van der Waals surface area contributed by atoms with Gasteiger partial charge in [-0.15, -0.1) is 0 Å². The first-order chi connectivity index (χ1) is 10.1. The number of unbranched alkanes of at least 4 members (excludes halogenated alkanes) is 7. The van der Waals surface area contributed by atoms with Crippen LogP contribution in [0.2, 0.25) is 0 Å². The smallest absolute Gasteiger partial charge is 0.217 e. The normalized spacial score (nSPS) is 12.6. The van der Waals surface area contributed by atoms with Gasteiger partial charge in [0.05, 0.1) is 24.5 Å². The van der Waals surface area contributed by atoms with Crippen LogP contribution >= 0.6 is 0 Å². The zero-order chi connectivity index (χ0) is 15.7. The summed E-state index contributed by atoms with van der Waals surface area (Å²) in [6, 6.07) is 0. The molecule has 1 rings (SSSR count). The van der Waals surface area contributed by atoms with Crippen molar-refractivity contribution < 1.29 is 9.84 Å². The molecule has 0 radical (unpaired) electrons. The fourth-order valence-corrected chi connectivity index (χ4v) is 2.89. The van der Waals surface area contributed by atoms with Gasteiger partial charge in [-0.25, -0.2) is 4.68 Å². The molecule has 0 spiro atoms. The second kappa shape index (κ2) is 9.82. The molecule has 0 saturated heterocycles. The van der Waals surface area contributed by atoms with Crippen LogP contribution < -0.4 is 4.74 Å². The molecule has 1 atom stereocenters. The molecule has 1 heterocycles. The molecule has 4 nitrogen and oxygen atoms in total. The number of hydrogen-bond donors (Lipinski definition) is 1. The van der Waals surface area contributed by atoms with Crippen LogP contribution in [0.3, 0.4) is 0 Å². The largest absolute Gasteiger partial charge is 0.481 e. The van der Waals surface area contributed by atoms with Gasteiger partial charge in [0.25, 0.3) is 0 Å². The molecule has 0 fully saturated rings. The fourth-order valence-electron chi connectivity index (χ4n) is 2.89. The van der Waals surface area contributed by atoms with E-state index in [1.54, 1.807) is 11.8 Å². The molecule has 21 heavy (non-hydrogen) atoms. The van der Waals surface area contributed by atoms with Crippen molar-refractivity contribution in [1.29, 1.82) is 0 Å². The Morgan fingerprint density at radius 3 is 2.24 bits per heavy atom. The lowest BCUT2D eigenvalue weighted by Gasteiger charge is -2.12. The van der Waals surface area contributed by atoms with Crippen LogP contribution in [0.1, 0.15) is 82.1 Å². The number of ether oxygens (including phenoxy) is 1. The highest BCUT2D eigenvalue weighted by Gasteiger charge is 2.20. The number of nitrogens with zero attached hydrogens (tertiary/aromatic N) is 2. The summed E-state index contributed by atoms with van der Waals surface area (Å²) in [5.74, 6) is 0.680. The molecule has 0 bridgehead atoms. The SMILES string of the molecule is CCCCCCCCCCC(O)c1c(C)nn(C)c1OC. The lowest BCUT2D eigenvalue weighted by atomic mass is 10.0. The van der Waals surface area contributed by atoms with Gasteiger partial charge in [-0.05, 0) is 13.3 Å². The molecule has 0 aliphatic heterocycles. The lowest BCUT2D eigenvalue weighted by Crippen LogP contribution is -2.02. The van der Waals surface area contributed by atoms with Gasteiger partial charge in [0, 0.05) is 7.05 Å². The Morgan fingerprint density at radius 2 is 1.67 bits per heavy atom. The Kier molecular flexibility index (Phi) is 8.43. The zero-order valence-corrected chi connectivity index (χ0v) is 14.2. The van der Waals surface area contributed by atoms with E-state index in [-0.39, 0.29) is 0 Å². The van der Waals surface area contributed by atoms with E-state index in [4.69, 9.17) is 4.74 Å². The van der Waals surface area contributed by atoms with Crippen molar-refractivity contribution in [2.45, 2.75) is 77.7 Å². The summed E-state index contributed by atoms with van der Waals surface area (Å²) >= 11 is 0. The standard InChI is InChI=1S/C17H32N2O2/c1-5-6-7-8-9-10-11-12-13-15(20)16-14(2)18-19(3)17(16)21-4/h15,20H,5-13H2,1-4H3. The van der Waals surface area contributed by atoms with Gasteiger partial charge in [-0.2, -0.15) is 5.10 Å². The third kappa shape index (κ3) is 5.70. The first kappa shape index (κ1) is 18.0. The van der Waals surface area contributed by atoms with Crippen molar-refractivity contribution in [2.24, 2.45) is 7.05 Å². The highest BCUT2D eigenvalue weighted by Crippen LogP contribution is 2.31. The van der Waals surface area contributed by atoms with E-state index in [2.05, 4.69) is 12.0 Å². The number of methoxy groups -OCH3 is 1. The van der Waals surface area contributed by atoms with Crippen LogP contribution in [0.5, 0.6) is 5.88 Å². The summed E-state index contributed by atoms with van der Waals surface area (Å²) in [6.07, 6.45) is 10.6. The van der Waals surface area contributed by atoms with Crippen molar-refractivity contribution in [2.75, 3.05) is 7.11 Å². The predicted molar refractivity (Wildman–Crippen MR) is 86.7 cm³/mol. The van der Waals surface area contributed by atoms with Crippen molar-refractivity contribution in [1.82, 2.24) is 9.78 Å². The van der Waals surface area contributed by atoms with Crippen molar-refractivity contribution in [3.05, 3.63) is 11.3 Å². The molecule has 0 aromatic carbocycles. The number of aryl methyl sites for hydroxylation is 2. The van der Waals surface area contributed by atoms with Gasteiger partial charge in [-0.1, -0.05) is 58.3 Å². The van der Waals surface area contributed by atoms with Crippen molar-refractivity contribution in [3.8, 4) is 5.88 Å². The van der Waals surface area contributed by atoms with Gasteiger partial charge in [0.15, 0.2) is 0 Å². The van der Waals surface area contributed by atoms with Crippen LogP contribution in [0, 0.1) is 6.92 Å². The van der Waals surface area contributed by atoms with Gasteiger partial charge < -0.3 is 9.84 Å². The average molecular weight is 296 g/mol. The van der Waals surface area contributed by atoms with E-state index in [0.717, 1.165) is 24.1 Å². The second-order valence-corrected chi connectivity index (χ2v) is 5.91. The Bertz CT molecular complexity index is 402. The molecule has 0 aliphatic rings. The number of hydrogen-bond acceptors (Lipinski definition) is 3. The molecule has 1 unspecified atom stereocenters. The highest BCUT2D eigenvalue weighted by atomic mass is 16.5. The summed E-state index contributed by atoms with van der Waals surface area (Å²) in [4.78, 5) is 0. The Hall–Kier alpha value is -1.03. The number of aliphatic hydroxyl groups is 1. The lowest BCUT2D eigenvalue weighted by molar-refractivity contribution is 0.158.